The minimum atomic E-state index is -0.829. The number of hydrogen-bond acceptors (Lipinski definition) is 6. The van der Waals surface area contributed by atoms with Crippen LogP contribution in [0.15, 0.2) is 48.0 Å². The number of aliphatic hydroxyl groups excluding tert-OH is 1. The Labute approximate surface area is 245 Å². The van der Waals surface area contributed by atoms with Crippen molar-refractivity contribution >= 4 is 29.1 Å². The maximum atomic E-state index is 14.2. The summed E-state index contributed by atoms with van der Waals surface area (Å²) in [5.74, 6) is -0.813. The molecule has 2 aliphatic heterocycles. The molecule has 3 heterocycles. The van der Waals surface area contributed by atoms with Crippen LogP contribution in [0.4, 0.5) is 0 Å². The maximum absolute atomic E-state index is 14.2. The zero-order valence-electron chi connectivity index (χ0n) is 24.5. The van der Waals surface area contributed by atoms with Gasteiger partial charge in [0.1, 0.15) is 12.1 Å². The molecule has 8 nitrogen and oxygen atoms in total. The first kappa shape index (κ1) is 29.0. The fraction of sp³-hybridized carbons (Fsp3) is 0.438. The molecule has 0 unspecified atom stereocenters. The van der Waals surface area contributed by atoms with Crippen molar-refractivity contribution in [1.29, 1.82) is 0 Å². The Morgan fingerprint density at radius 3 is 2.51 bits per heavy atom. The van der Waals surface area contributed by atoms with Gasteiger partial charge in [0, 0.05) is 25.1 Å². The Bertz CT molecular complexity index is 1490. The van der Waals surface area contributed by atoms with Gasteiger partial charge in [-0.05, 0) is 54.5 Å². The Morgan fingerprint density at radius 1 is 1.15 bits per heavy atom. The molecule has 2 aliphatic rings. The molecule has 9 heteroatoms. The van der Waals surface area contributed by atoms with Gasteiger partial charge in [-0.15, -0.1) is 11.3 Å². The highest BCUT2D eigenvalue weighted by molar-refractivity contribution is 7.13. The number of aliphatic hydroxyl groups is 1. The molecule has 0 saturated carbocycles. The van der Waals surface area contributed by atoms with Crippen molar-refractivity contribution in [2.24, 2.45) is 5.41 Å². The number of nitrogens with one attached hydrogen (secondary N) is 1. The van der Waals surface area contributed by atoms with E-state index >= 15 is 0 Å². The van der Waals surface area contributed by atoms with Gasteiger partial charge in [-0.3, -0.25) is 14.4 Å². The van der Waals surface area contributed by atoms with E-state index < -0.39 is 23.6 Å². The number of rotatable bonds is 6. The summed E-state index contributed by atoms with van der Waals surface area (Å²) in [6.07, 6.45) is -0.668. The average Bonchev–Trinajstić information content (AvgIpc) is 3.60. The highest BCUT2D eigenvalue weighted by Crippen LogP contribution is 2.35. The van der Waals surface area contributed by atoms with Gasteiger partial charge in [0.15, 0.2) is 0 Å². The average molecular weight is 575 g/mol. The van der Waals surface area contributed by atoms with Gasteiger partial charge in [0.05, 0.1) is 28.2 Å². The van der Waals surface area contributed by atoms with Gasteiger partial charge >= 0.3 is 0 Å². The number of aryl methyl sites for hydroxylation is 2. The van der Waals surface area contributed by atoms with Gasteiger partial charge in [0.25, 0.3) is 5.91 Å². The molecule has 2 aromatic carbocycles. The molecule has 216 valence electrons. The van der Waals surface area contributed by atoms with Crippen LogP contribution in [0.25, 0.3) is 10.4 Å². The second-order valence-electron chi connectivity index (χ2n) is 12.3. The van der Waals surface area contributed by atoms with E-state index in [9.17, 15) is 19.5 Å². The normalized spacial score (nSPS) is 20.2. The van der Waals surface area contributed by atoms with Gasteiger partial charge in [-0.1, -0.05) is 57.2 Å². The zero-order valence-corrected chi connectivity index (χ0v) is 25.3. The lowest BCUT2D eigenvalue weighted by atomic mass is 9.84. The molecular formula is C32H38N4O4S. The number of benzene rings is 2. The van der Waals surface area contributed by atoms with Crippen LogP contribution in [0.3, 0.4) is 0 Å². The lowest BCUT2D eigenvalue weighted by Gasteiger charge is -2.40. The van der Waals surface area contributed by atoms with E-state index in [0.717, 1.165) is 32.8 Å². The topological polar surface area (TPSA) is 103 Å². The summed E-state index contributed by atoms with van der Waals surface area (Å²) in [7, 11) is 0. The number of thiazole rings is 1. The number of aromatic nitrogens is 1. The van der Waals surface area contributed by atoms with Gasteiger partial charge in [-0.2, -0.15) is 0 Å². The summed E-state index contributed by atoms with van der Waals surface area (Å²) in [5, 5.41) is 13.7. The second kappa shape index (κ2) is 11.0. The molecular weight excluding hydrogens is 536 g/mol. The summed E-state index contributed by atoms with van der Waals surface area (Å²) < 4.78 is 0. The van der Waals surface area contributed by atoms with Crippen molar-refractivity contribution in [2.45, 2.75) is 78.7 Å². The first-order valence-electron chi connectivity index (χ1n) is 14.1. The summed E-state index contributed by atoms with van der Waals surface area (Å²) in [6, 6.07) is 11.6. The third kappa shape index (κ3) is 5.53. The van der Waals surface area contributed by atoms with Crippen LogP contribution in [0.5, 0.6) is 0 Å². The van der Waals surface area contributed by atoms with Gasteiger partial charge < -0.3 is 20.2 Å². The Hall–Kier alpha value is -3.56. The van der Waals surface area contributed by atoms with E-state index in [-0.39, 0.29) is 36.7 Å². The Morgan fingerprint density at radius 2 is 1.88 bits per heavy atom. The van der Waals surface area contributed by atoms with Gasteiger partial charge in [-0.25, -0.2) is 4.98 Å². The molecule has 3 aromatic rings. The molecule has 0 radical (unpaired) electrons. The predicted octanol–water partition coefficient (Wildman–Crippen LogP) is 4.64. The number of nitrogens with zero attached hydrogens (tertiary/aromatic N) is 3. The summed E-state index contributed by atoms with van der Waals surface area (Å²) in [4.78, 5) is 49.7. The summed E-state index contributed by atoms with van der Waals surface area (Å²) in [6.45, 7) is 12.1. The van der Waals surface area contributed by atoms with Crippen molar-refractivity contribution in [3.05, 3.63) is 75.9 Å². The standard InChI is InChI=1S/C32H38N4O4S/c1-18-13-21(27-20(3)33-17-41-27)11-12-24(18)19(2)34-29(38)26-14-23(37)16-35(26)31(40)28(32(4,5)6)36-15-22-9-7-8-10-25(22)30(36)39/h7-13,17,19,23,26,28,37H,14-16H2,1-6H3,(H,34,38)/t19-,23+,26-,28+/m0/s1. The van der Waals surface area contributed by atoms with Crippen molar-refractivity contribution in [3.63, 3.8) is 0 Å². The molecule has 1 aromatic heterocycles. The summed E-state index contributed by atoms with van der Waals surface area (Å²) in [5.41, 5.74) is 6.83. The lowest BCUT2D eigenvalue weighted by Crippen LogP contribution is -2.58. The third-order valence-corrected chi connectivity index (χ3v) is 9.16. The summed E-state index contributed by atoms with van der Waals surface area (Å²) >= 11 is 1.60. The number of hydrogen-bond donors (Lipinski definition) is 2. The quantitative estimate of drug-likeness (QED) is 0.447. The molecule has 1 fully saturated rings. The van der Waals surface area contributed by atoms with Crippen molar-refractivity contribution in [3.8, 4) is 10.4 Å². The van der Waals surface area contributed by atoms with Crippen LogP contribution >= 0.6 is 11.3 Å². The molecule has 1 saturated heterocycles. The van der Waals surface area contributed by atoms with Crippen LogP contribution in [-0.4, -0.2) is 62.3 Å². The molecule has 41 heavy (non-hydrogen) atoms. The first-order valence-corrected chi connectivity index (χ1v) is 14.9. The van der Waals surface area contributed by atoms with Crippen molar-refractivity contribution < 1.29 is 19.5 Å². The molecule has 0 aliphatic carbocycles. The number of β-amino-alcohol motifs (C(OH)–C–C–N with tert-alkyl or cyclic N) is 1. The fourth-order valence-electron chi connectivity index (χ4n) is 6.19. The third-order valence-electron chi connectivity index (χ3n) is 8.18. The minimum Gasteiger partial charge on any atom is -0.391 e. The van der Waals surface area contributed by atoms with Crippen LogP contribution in [0.1, 0.15) is 72.9 Å². The second-order valence-corrected chi connectivity index (χ2v) is 13.2. The minimum absolute atomic E-state index is 0.0504. The maximum Gasteiger partial charge on any atom is 0.255 e. The molecule has 3 amide bonds. The lowest BCUT2D eigenvalue weighted by molar-refractivity contribution is -0.145. The van der Waals surface area contributed by atoms with E-state index in [1.807, 2.05) is 77.4 Å². The molecule has 0 spiro atoms. The molecule has 4 atom stereocenters. The van der Waals surface area contributed by atoms with E-state index in [2.05, 4.69) is 16.4 Å². The van der Waals surface area contributed by atoms with Crippen LogP contribution < -0.4 is 5.32 Å². The van der Waals surface area contributed by atoms with Gasteiger partial charge in [0.2, 0.25) is 11.8 Å². The highest BCUT2D eigenvalue weighted by atomic mass is 32.1. The smallest absolute Gasteiger partial charge is 0.255 e. The largest absolute Gasteiger partial charge is 0.391 e. The number of likely N-dealkylation sites (tertiary alicyclic amines) is 1. The Kier molecular flexibility index (Phi) is 7.78. The molecule has 0 bridgehead atoms. The van der Waals surface area contributed by atoms with E-state index in [0.29, 0.717) is 12.1 Å². The molecule has 5 rings (SSSR count). The Balaban J connectivity index is 1.35. The highest BCUT2D eigenvalue weighted by Gasteiger charge is 2.48. The predicted molar refractivity (Wildman–Crippen MR) is 159 cm³/mol. The van der Waals surface area contributed by atoms with Crippen LogP contribution in [0.2, 0.25) is 0 Å². The zero-order chi connectivity index (χ0) is 29.6. The number of carbonyl (C=O) groups excluding carboxylic acids is 3. The van der Waals surface area contributed by atoms with Crippen molar-refractivity contribution in [2.75, 3.05) is 6.54 Å². The van der Waals surface area contributed by atoms with Crippen LogP contribution in [-0.2, 0) is 16.1 Å². The van der Waals surface area contributed by atoms with Crippen molar-refractivity contribution in [1.82, 2.24) is 20.1 Å². The van der Waals surface area contributed by atoms with Crippen LogP contribution in [0, 0.1) is 19.3 Å². The molecule has 2 N–H and O–H groups in total. The monoisotopic (exact) mass is 574 g/mol. The first-order chi connectivity index (χ1) is 19.4. The van der Waals surface area contributed by atoms with E-state index in [4.69, 9.17) is 0 Å². The van der Waals surface area contributed by atoms with E-state index in [1.165, 1.54) is 4.90 Å². The number of amides is 3. The number of fused-ring (bicyclic) bond motifs is 1. The SMILES string of the molecule is Cc1cc(-c2scnc2C)ccc1[C@H](C)NC(=O)[C@@H]1C[C@@H](O)CN1C(=O)[C@@H](N1Cc2ccccc2C1=O)C(C)(C)C. The fourth-order valence-corrected chi connectivity index (χ4v) is 6.99. The van der Waals surface area contributed by atoms with E-state index in [1.54, 1.807) is 22.3 Å². The number of carbonyl (C=O) groups is 3.